The fraction of sp³-hybridized carbons (Fsp3) is 0.375. The zero-order valence-corrected chi connectivity index (χ0v) is 8.53. The molecule has 1 aromatic heterocycles. The van der Waals surface area contributed by atoms with Crippen molar-refractivity contribution in [1.29, 1.82) is 0 Å². The van der Waals surface area contributed by atoms with E-state index in [1.807, 2.05) is 0 Å². The summed E-state index contributed by atoms with van der Waals surface area (Å²) in [5, 5.41) is 13.9. The van der Waals surface area contributed by atoms with Crippen LogP contribution in [-0.4, -0.2) is 24.6 Å². The molecule has 3 N–H and O–H groups in total. The van der Waals surface area contributed by atoms with Crippen molar-refractivity contribution in [2.24, 2.45) is 5.14 Å². The molecule has 0 aliphatic heterocycles. The van der Waals surface area contributed by atoms with Crippen molar-refractivity contribution < 1.29 is 13.5 Å². The number of aromatic nitrogens is 1. The summed E-state index contributed by atoms with van der Waals surface area (Å²) in [4.78, 5) is 3.84. The highest BCUT2D eigenvalue weighted by Crippen LogP contribution is 2.06. The Labute approximate surface area is 82.6 Å². The van der Waals surface area contributed by atoms with Crippen LogP contribution in [-0.2, 0) is 16.4 Å². The fourth-order valence-corrected chi connectivity index (χ4v) is 1.46. The molecular formula is C8H12N2O3S. The average Bonchev–Trinajstić information content (AvgIpc) is 2.02. The van der Waals surface area contributed by atoms with Crippen LogP contribution in [0.15, 0.2) is 23.2 Å². The van der Waals surface area contributed by atoms with Gasteiger partial charge in [-0.1, -0.05) is 0 Å². The number of nitrogens with two attached hydrogens (primary N) is 1. The lowest BCUT2D eigenvalue weighted by Gasteiger charge is -2.03. The number of hydrogen-bond donors (Lipinski definition) is 2. The van der Waals surface area contributed by atoms with Gasteiger partial charge in [0.05, 0.1) is 6.10 Å². The third kappa shape index (κ3) is 3.06. The van der Waals surface area contributed by atoms with E-state index in [1.165, 1.54) is 18.3 Å². The minimum Gasteiger partial charge on any atom is -0.393 e. The van der Waals surface area contributed by atoms with Crippen molar-refractivity contribution in [2.45, 2.75) is 24.3 Å². The molecule has 0 radical (unpaired) electrons. The largest absolute Gasteiger partial charge is 0.393 e. The lowest BCUT2D eigenvalue weighted by molar-refractivity contribution is 0.194. The molecule has 0 aromatic carbocycles. The van der Waals surface area contributed by atoms with Gasteiger partial charge < -0.3 is 5.11 Å². The van der Waals surface area contributed by atoms with Crippen LogP contribution in [0.5, 0.6) is 0 Å². The molecule has 0 fully saturated rings. The predicted octanol–water partition coefficient (Wildman–Crippen LogP) is -0.348. The lowest BCUT2D eigenvalue weighted by Crippen LogP contribution is -2.13. The first-order valence-corrected chi connectivity index (χ1v) is 5.60. The molecule has 5 nitrogen and oxygen atoms in total. The number of primary sulfonamides is 1. The zero-order chi connectivity index (χ0) is 10.8. The van der Waals surface area contributed by atoms with Crippen molar-refractivity contribution in [3.63, 3.8) is 0 Å². The van der Waals surface area contributed by atoms with Crippen LogP contribution >= 0.6 is 0 Å². The zero-order valence-electron chi connectivity index (χ0n) is 7.71. The molecular weight excluding hydrogens is 204 g/mol. The van der Waals surface area contributed by atoms with Crippen molar-refractivity contribution in [3.8, 4) is 0 Å². The molecule has 1 aromatic rings. The van der Waals surface area contributed by atoms with Gasteiger partial charge in [-0.15, -0.1) is 0 Å². The van der Waals surface area contributed by atoms with E-state index in [0.717, 1.165) is 0 Å². The van der Waals surface area contributed by atoms with Crippen LogP contribution in [0, 0.1) is 0 Å². The maximum atomic E-state index is 10.9. The quantitative estimate of drug-likeness (QED) is 0.722. The monoisotopic (exact) mass is 216 g/mol. The van der Waals surface area contributed by atoms with E-state index in [2.05, 4.69) is 4.98 Å². The summed E-state index contributed by atoms with van der Waals surface area (Å²) in [6.07, 6.45) is 1.08. The number of aliphatic hydroxyl groups is 1. The summed E-state index contributed by atoms with van der Waals surface area (Å²) in [5.41, 5.74) is 0.632. The SMILES string of the molecule is CC(O)Cc1ccc(S(N)(=O)=O)cn1. The predicted molar refractivity (Wildman–Crippen MR) is 51.0 cm³/mol. The average molecular weight is 216 g/mol. The van der Waals surface area contributed by atoms with Crippen LogP contribution in [0.4, 0.5) is 0 Å². The summed E-state index contributed by atoms with van der Waals surface area (Å²) in [6, 6.07) is 2.91. The fourth-order valence-electron chi connectivity index (χ4n) is 1.00. The Morgan fingerprint density at radius 3 is 2.57 bits per heavy atom. The first-order chi connectivity index (χ1) is 6.39. The second kappa shape index (κ2) is 4.04. The Bertz CT molecular complexity index is 397. The Morgan fingerprint density at radius 1 is 1.57 bits per heavy atom. The molecule has 0 amide bonds. The van der Waals surface area contributed by atoms with Crippen molar-refractivity contribution in [3.05, 3.63) is 24.0 Å². The molecule has 0 aliphatic rings. The Hall–Kier alpha value is -0.980. The first-order valence-electron chi connectivity index (χ1n) is 4.05. The number of aliphatic hydroxyl groups excluding tert-OH is 1. The lowest BCUT2D eigenvalue weighted by atomic mass is 10.2. The highest BCUT2D eigenvalue weighted by molar-refractivity contribution is 7.89. The number of sulfonamides is 1. The maximum Gasteiger partial charge on any atom is 0.239 e. The Morgan fingerprint density at radius 2 is 2.21 bits per heavy atom. The second-order valence-electron chi connectivity index (χ2n) is 3.08. The topological polar surface area (TPSA) is 93.3 Å². The molecule has 1 rings (SSSR count). The molecule has 0 saturated heterocycles. The highest BCUT2D eigenvalue weighted by atomic mass is 32.2. The van der Waals surface area contributed by atoms with E-state index in [9.17, 15) is 8.42 Å². The van der Waals surface area contributed by atoms with Crippen LogP contribution in [0.3, 0.4) is 0 Å². The van der Waals surface area contributed by atoms with Gasteiger partial charge in [-0.25, -0.2) is 13.6 Å². The van der Waals surface area contributed by atoms with E-state index in [0.29, 0.717) is 12.1 Å². The van der Waals surface area contributed by atoms with Gasteiger partial charge >= 0.3 is 0 Å². The first kappa shape index (κ1) is 11.1. The molecule has 1 atom stereocenters. The minimum atomic E-state index is -3.67. The van der Waals surface area contributed by atoms with E-state index in [-0.39, 0.29) is 4.90 Å². The molecule has 0 saturated carbocycles. The molecule has 14 heavy (non-hydrogen) atoms. The van der Waals surface area contributed by atoms with Gasteiger partial charge in [-0.2, -0.15) is 0 Å². The molecule has 1 unspecified atom stereocenters. The van der Waals surface area contributed by atoms with Crippen LogP contribution in [0.2, 0.25) is 0 Å². The van der Waals surface area contributed by atoms with Gasteiger partial charge in [-0.3, -0.25) is 4.98 Å². The maximum absolute atomic E-state index is 10.9. The summed E-state index contributed by atoms with van der Waals surface area (Å²) < 4.78 is 21.7. The summed E-state index contributed by atoms with van der Waals surface area (Å²) in [7, 11) is -3.67. The number of pyridine rings is 1. The Kier molecular flexibility index (Phi) is 3.20. The molecule has 6 heteroatoms. The number of hydrogen-bond acceptors (Lipinski definition) is 4. The summed E-state index contributed by atoms with van der Waals surface area (Å²) >= 11 is 0. The van der Waals surface area contributed by atoms with Crippen LogP contribution in [0.1, 0.15) is 12.6 Å². The van der Waals surface area contributed by atoms with E-state index in [4.69, 9.17) is 10.2 Å². The van der Waals surface area contributed by atoms with Crippen molar-refractivity contribution in [2.75, 3.05) is 0 Å². The van der Waals surface area contributed by atoms with Gasteiger partial charge in [0, 0.05) is 18.3 Å². The van der Waals surface area contributed by atoms with Gasteiger partial charge in [-0.05, 0) is 19.1 Å². The normalized spacial score (nSPS) is 13.9. The Balaban J connectivity index is 2.90. The van der Waals surface area contributed by atoms with Gasteiger partial charge in [0.2, 0.25) is 10.0 Å². The van der Waals surface area contributed by atoms with Crippen LogP contribution < -0.4 is 5.14 Å². The van der Waals surface area contributed by atoms with Gasteiger partial charge in [0.1, 0.15) is 4.90 Å². The van der Waals surface area contributed by atoms with Gasteiger partial charge in [0.25, 0.3) is 0 Å². The van der Waals surface area contributed by atoms with Crippen LogP contribution in [0.25, 0.3) is 0 Å². The van der Waals surface area contributed by atoms with E-state index >= 15 is 0 Å². The molecule has 0 bridgehead atoms. The minimum absolute atomic E-state index is 0.0214. The summed E-state index contributed by atoms with van der Waals surface area (Å²) in [6.45, 7) is 1.63. The molecule has 0 aliphatic carbocycles. The van der Waals surface area contributed by atoms with E-state index in [1.54, 1.807) is 6.92 Å². The standard InChI is InChI=1S/C8H12N2O3S/c1-6(11)4-7-2-3-8(5-10-7)14(9,12)13/h2-3,5-6,11H,4H2,1H3,(H2,9,12,13). The van der Waals surface area contributed by atoms with Crippen molar-refractivity contribution in [1.82, 2.24) is 4.98 Å². The number of rotatable bonds is 3. The third-order valence-corrected chi connectivity index (χ3v) is 2.53. The smallest absolute Gasteiger partial charge is 0.239 e. The highest BCUT2D eigenvalue weighted by Gasteiger charge is 2.08. The molecule has 1 heterocycles. The molecule has 78 valence electrons. The van der Waals surface area contributed by atoms with Crippen molar-refractivity contribution >= 4 is 10.0 Å². The third-order valence-electron chi connectivity index (χ3n) is 1.63. The number of nitrogens with zero attached hydrogens (tertiary/aromatic N) is 1. The van der Waals surface area contributed by atoms with E-state index < -0.39 is 16.1 Å². The summed E-state index contributed by atoms with van der Waals surface area (Å²) in [5.74, 6) is 0. The second-order valence-corrected chi connectivity index (χ2v) is 4.64. The van der Waals surface area contributed by atoms with Gasteiger partial charge in [0.15, 0.2) is 0 Å². The molecule has 0 spiro atoms.